The van der Waals surface area contributed by atoms with Crippen molar-refractivity contribution in [1.82, 2.24) is 4.98 Å². The third kappa shape index (κ3) is 4.29. The number of nitrogens with zero attached hydrogens (tertiary/aromatic N) is 2. The van der Waals surface area contributed by atoms with Gasteiger partial charge < -0.3 is 14.2 Å². The van der Waals surface area contributed by atoms with Crippen molar-refractivity contribution in [2.24, 2.45) is 0 Å². The number of hydrogen-bond donors (Lipinski definition) is 0. The number of methoxy groups -OCH3 is 2. The highest BCUT2D eigenvalue weighted by Crippen LogP contribution is 2.34. The summed E-state index contributed by atoms with van der Waals surface area (Å²) >= 11 is 7.50. The van der Waals surface area contributed by atoms with E-state index in [1.165, 1.54) is 29.5 Å². The zero-order chi connectivity index (χ0) is 19.4. The van der Waals surface area contributed by atoms with E-state index >= 15 is 0 Å². The molecule has 0 aliphatic carbocycles. The SMILES string of the molecule is COc1ccc(-c2nc(COc3ccc([N+](=O)[O-])cc3Cl)cs2)cc1OC. The lowest BCUT2D eigenvalue weighted by Crippen LogP contribution is -1.97. The fourth-order valence-electron chi connectivity index (χ4n) is 2.35. The molecular weight excluding hydrogens is 392 g/mol. The van der Waals surface area contributed by atoms with E-state index in [9.17, 15) is 10.1 Å². The molecule has 9 heteroatoms. The number of benzene rings is 2. The maximum absolute atomic E-state index is 10.7. The molecule has 140 valence electrons. The van der Waals surface area contributed by atoms with Crippen LogP contribution in [-0.4, -0.2) is 24.1 Å². The Kier molecular flexibility index (Phi) is 5.78. The third-order valence-corrected chi connectivity index (χ3v) is 4.92. The molecule has 0 N–H and O–H groups in total. The van der Waals surface area contributed by atoms with E-state index in [-0.39, 0.29) is 17.3 Å². The lowest BCUT2D eigenvalue weighted by molar-refractivity contribution is -0.384. The highest BCUT2D eigenvalue weighted by atomic mass is 35.5. The lowest BCUT2D eigenvalue weighted by atomic mass is 10.2. The molecular formula is C18H15ClN2O5S. The Labute approximate surface area is 164 Å². The van der Waals surface area contributed by atoms with Crippen LogP contribution >= 0.6 is 22.9 Å². The van der Waals surface area contributed by atoms with Gasteiger partial charge in [-0.2, -0.15) is 0 Å². The van der Waals surface area contributed by atoms with Crippen molar-refractivity contribution in [3.05, 3.63) is 62.6 Å². The molecule has 0 spiro atoms. The van der Waals surface area contributed by atoms with Crippen LogP contribution in [0, 0.1) is 10.1 Å². The maximum atomic E-state index is 10.7. The Bertz CT molecular complexity index is 976. The Balaban J connectivity index is 1.72. The molecule has 0 saturated carbocycles. The van der Waals surface area contributed by atoms with Crippen molar-refractivity contribution in [1.29, 1.82) is 0 Å². The number of thiazole rings is 1. The second-order valence-electron chi connectivity index (χ2n) is 5.37. The van der Waals surface area contributed by atoms with Crippen LogP contribution in [0.2, 0.25) is 5.02 Å². The van der Waals surface area contributed by atoms with Crippen molar-refractivity contribution in [3.8, 4) is 27.8 Å². The standard InChI is InChI=1S/C18H15ClN2O5S/c1-24-16-5-3-11(7-17(16)25-2)18-20-12(10-27-18)9-26-15-6-4-13(21(22)23)8-14(15)19/h3-8,10H,9H2,1-2H3. The number of nitro groups is 1. The van der Waals surface area contributed by atoms with Gasteiger partial charge in [0.05, 0.1) is 29.9 Å². The van der Waals surface area contributed by atoms with Crippen LogP contribution < -0.4 is 14.2 Å². The summed E-state index contributed by atoms with van der Waals surface area (Å²) in [5.74, 6) is 1.64. The summed E-state index contributed by atoms with van der Waals surface area (Å²) in [5.41, 5.74) is 1.54. The van der Waals surface area contributed by atoms with E-state index < -0.39 is 4.92 Å². The van der Waals surface area contributed by atoms with Gasteiger partial charge in [0.25, 0.3) is 5.69 Å². The monoisotopic (exact) mass is 406 g/mol. The third-order valence-electron chi connectivity index (χ3n) is 3.68. The number of hydrogen-bond acceptors (Lipinski definition) is 7. The molecule has 27 heavy (non-hydrogen) atoms. The number of aromatic nitrogens is 1. The predicted octanol–water partition coefficient (Wildman–Crippen LogP) is 4.97. The van der Waals surface area contributed by atoms with Crippen molar-refractivity contribution in [2.75, 3.05) is 14.2 Å². The van der Waals surface area contributed by atoms with E-state index in [0.29, 0.717) is 17.2 Å². The van der Waals surface area contributed by atoms with Gasteiger partial charge in [-0.15, -0.1) is 11.3 Å². The van der Waals surface area contributed by atoms with Crippen molar-refractivity contribution < 1.29 is 19.1 Å². The predicted molar refractivity (Wildman–Crippen MR) is 103 cm³/mol. The molecule has 0 fully saturated rings. The summed E-state index contributed by atoms with van der Waals surface area (Å²) in [6.07, 6.45) is 0. The Morgan fingerprint density at radius 3 is 2.52 bits per heavy atom. The van der Waals surface area contributed by atoms with Gasteiger partial charge in [-0.1, -0.05) is 11.6 Å². The molecule has 3 aromatic rings. The molecule has 0 aliphatic rings. The summed E-state index contributed by atoms with van der Waals surface area (Å²) in [6.45, 7) is 0.196. The fourth-order valence-corrected chi connectivity index (χ4v) is 3.38. The molecule has 0 amide bonds. The number of ether oxygens (including phenoxy) is 3. The molecule has 0 aliphatic heterocycles. The molecule has 2 aromatic carbocycles. The Hall–Kier alpha value is -2.84. The molecule has 0 saturated heterocycles. The average molecular weight is 407 g/mol. The number of rotatable bonds is 7. The van der Waals surface area contributed by atoms with Crippen molar-refractivity contribution >= 4 is 28.6 Å². The topological polar surface area (TPSA) is 83.7 Å². The van der Waals surface area contributed by atoms with Crippen LogP contribution in [-0.2, 0) is 6.61 Å². The lowest BCUT2D eigenvalue weighted by Gasteiger charge is -2.08. The van der Waals surface area contributed by atoms with Gasteiger partial charge in [0.1, 0.15) is 17.4 Å². The largest absolute Gasteiger partial charge is 0.493 e. The van der Waals surface area contributed by atoms with Crippen molar-refractivity contribution in [2.45, 2.75) is 6.61 Å². The van der Waals surface area contributed by atoms with E-state index in [4.69, 9.17) is 25.8 Å². The second kappa shape index (κ2) is 8.24. The fraction of sp³-hybridized carbons (Fsp3) is 0.167. The summed E-state index contributed by atoms with van der Waals surface area (Å²) in [7, 11) is 3.16. The first-order chi connectivity index (χ1) is 13.0. The summed E-state index contributed by atoms with van der Waals surface area (Å²) in [5, 5.41) is 13.6. The number of halogens is 1. The van der Waals surface area contributed by atoms with Crippen LogP contribution in [0.5, 0.6) is 17.2 Å². The van der Waals surface area contributed by atoms with Gasteiger partial charge in [0, 0.05) is 23.1 Å². The minimum Gasteiger partial charge on any atom is -0.493 e. The van der Waals surface area contributed by atoms with Crippen LogP contribution in [0.1, 0.15) is 5.69 Å². The van der Waals surface area contributed by atoms with E-state index in [1.807, 2.05) is 23.6 Å². The van der Waals surface area contributed by atoms with Gasteiger partial charge >= 0.3 is 0 Å². The average Bonchev–Trinajstić information content (AvgIpc) is 3.15. The molecule has 0 atom stereocenters. The zero-order valence-electron chi connectivity index (χ0n) is 14.5. The van der Waals surface area contributed by atoms with Crippen LogP contribution in [0.15, 0.2) is 41.8 Å². The van der Waals surface area contributed by atoms with Gasteiger partial charge in [0.2, 0.25) is 0 Å². The minimum absolute atomic E-state index is 0.0863. The number of non-ortho nitro benzene ring substituents is 1. The highest BCUT2D eigenvalue weighted by Gasteiger charge is 2.12. The van der Waals surface area contributed by atoms with Gasteiger partial charge in [0.15, 0.2) is 11.5 Å². The summed E-state index contributed by atoms with van der Waals surface area (Å²) < 4.78 is 16.2. The van der Waals surface area contributed by atoms with E-state index in [1.54, 1.807) is 14.2 Å². The van der Waals surface area contributed by atoms with Gasteiger partial charge in [-0.05, 0) is 24.3 Å². The molecule has 0 bridgehead atoms. The van der Waals surface area contributed by atoms with E-state index in [0.717, 1.165) is 16.3 Å². The first-order valence-corrected chi connectivity index (χ1v) is 9.01. The second-order valence-corrected chi connectivity index (χ2v) is 6.64. The van der Waals surface area contributed by atoms with E-state index in [2.05, 4.69) is 4.98 Å². The molecule has 1 heterocycles. The Morgan fingerprint density at radius 2 is 1.85 bits per heavy atom. The number of nitro benzene ring substituents is 1. The quantitative estimate of drug-likeness (QED) is 0.407. The Morgan fingerprint density at radius 1 is 1.11 bits per heavy atom. The molecule has 0 unspecified atom stereocenters. The van der Waals surface area contributed by atoms with Crippen molar-refractivity contribution in [3.63, 3.8) is 0 Å². The first-order valence-electron chi connectivity index (χ1n) is 7.75. The minimum atomic E-state index is -0.508. The maximum Gasteiger partial charge on any atom is 0.271 e. The molecule has 0 radical (unpaired) electrons. The van der Waals surface area contributed by atoms with Gasteiger partial charge in [-0.3, -0.25) is 10.1 Å². The first kappa shape index (κ1) is 18.9. The van der Waals surface area contributed by atoms with Crippen LogP contribution in [0.3, 0.4) is 0 Å². The summed E-state index contributed by atoms with van der Waals surface area (Å²) in [6, 6.07) is 9.66. The highest BCUT2D eigenvalue weighted by molar-refractivity contribution is 7.13. The molecule has 1 aromatic heterocycles. The van der Waals surface area contributed by atoms with Crippen LogP contribution in [0.4, 0.5) is 5.69 Å². The normalized spacial score (nSPS) is 10.5. The zero-order valence-corrected chi connectivity index (χ0v) is 16.0. The summed E-state index contributed by atoms with van der Waals surface area (Å²) in [4.78, 5) is 14.8. The van der Waals surface area contributed by atoms with Gasteiger partial charge in [-0.25, -0.2) is 4.98 Å². The molecule has 7 nitrogen and oxygen atoms in total. The van der Waals surface area contributed by atoms with Crippen LogP contribution in [0.25, 0.3) is 10.6 Å². The smallest absolute Gasteiger partial charge is 0.271 e. The molecule has 3 rings (SSSR count).